The second kappa shape index (κ2) is 15.0. The predicted octanol–water partition coefficient (Wildman–Crippen LogP) is 17.5. The summed E-state index contributed by atoms with van der Waals surface area (Å²) in [6, 6.07) is 87.8. The van der Waals surface area contributed by atoms with E-state index in [1.807, 2.05) is 12.1 Å². The van der Waals surface area contributed by atoms with E-state index < -0.39 is 0 Å². The van der Waals surface area contributed by atoms with E-state index in [-0.39, 0.29) is 0 Å². The first-order valence-electron chi connectivity index (χ1n) is 22.3. The van der Waals surface area contributed by atoms with Gasteiger partial charge in [0.25, 0.3) is 0 Å². The monoisotopic (exact) mass is 828 g/mol. The summed E-state index contributed by atoms with van der Waals surface area (Å²) in [6.07, 6.45) is 0. The van der Waals surface area contributed by atoms with Crippen molar-refractivity contribution in [2.45, 2.75) is 0 Å². The summed E-state index contributed by atoms with van der Waals surface area (Å²) in [4.78, 5) is 2.43. The Kier molecular flexibility index (Phi) is 8.53. The Balaban J connectivity index is 1.02. The lowest BCUT2D eigenvalue weighted by Gasteiger charge is -2.29. The molecule has 13 aromatic rings. The fraction of sp³-hybridized carbons (Fsp3) is 0. The molecule has 0 aliphatic rings. The standard InChI is InChI=1S/C62H40N2O/c1-2-20-46-43(17-1)40-56(49-22-4-3-21-48(46)49)42-18-15-19-45(39-42)63(44-37-35-41(36-38-44)47-28-16-29-55-54-27-9-14-34-61(54)65-62(47)55)57-30-10-5-23-50(57)51-24-6-11-31-58(51)64-59-32-12-7-25-52(59)53-26-8-13-33-60(53)64/h1-40H. The highest BCUT2D eigenvalue weighted by Gasteiger charge is 2.22. The Morgan fingerprint density at radius 3 is 1.71 bits per heavy atom. The van der Waals surface area contributed by atoms with Gasteiger partial charge in [0.15, 0.2) is 0 Å². The molecule has 0 atom stereocenters. The number of benzene rings is 11. The number of anilines is 3. The minimum atomic E-state index is 0.898. The van der Waals surface area contributed by atoms with Crippen molar-refractivity contribution in [2.24, 2.45) is 0 Å². The fourth-order valence-corrected chi connectivity index (χ4v) is 10.3. The number of nitrogens with zero attached hydrogens (tertiary/aromatic N) is 2. The molecule has 304 valence electrons. The van der Waals surface area contributed by atoms with Gasteiger partial charge in [-0.05, 0) is 98.9 Å². The summed E-state index contributed by atoms with van der Waals surface area (Å²) in [5.41, 5.74) is 15.3. The van der Waals surface area contributed by atoms with Crippen LogP contribution in [0.1, 0.15) is 0 Å². The highest BCUT2D eigenvalue weighted by molar-refractivity contribution is 6.14. The van der Waals surface area contributed by atoms with Crippen LogP contribution in [-0.4, -0.2) is 4.57 Å². The fourth-order valence-electron chi connectivity index (χ4n) is 10.3. The SMILES string of the molecule is c1cc(-c2cc3ccccc3c3ccccc23)cc(N(c2ccc(-c3cccc4c3oc3ccccc34)cc2)c2ccccc2-c2ccccc2-n2c3ccccc3c3ccccc32)c1. The molecule has 0 amide bonds. The summed E-state index contributed by atoms with van der Waals surface area (Å²) in [5.74, 6) is 0. The maximum absolute atomic E-state index is 6.51. The summed E-state index contributed by atoms with van der Waals surface area (Å²) < 4.78 is 8.95. The van der Waals surface area contributed by atoms with Gasteiger partial charge in [-0.3, -0.25) is 0 Å². The van der Waals surface area contributed by atoms with Crippen molar-refractivity contribution >= 4 is 82.4 Å². The van der Waals surface area contributed by atoms with Gasteiger partial charge in [0.05, 0.1) is 22.4 Å². The van der Waals surface area contributed by atoms with Crippen molar-refractivity contribution in [3.8, 4) is 39.1 Å². The van der Waals surface area contributed by atoms with Crippen molar-refractivity contribution in [2.75, 3.05) is 4.90 Å². The van der Waals surface area contributed by atoms with Crippen molar-refractivity contribution in [1.82, 2.24) is 4.57 Å². The van der Waals surface area contributed by atoms with Gasteiger partial charge in [-0.2, -0.15) is 0 Å². The molecule has 0 unspecified atom stereocenters. The molecule has 11 aromatic carbocycles. The Morgan fingerprint density at radius 2 is 0.908 bits per heavy atom. The minimum absolute atomic E-state index is 0.898. The Labute approximate surface area is 376 Å². The van der Waals surface area contributed by atoms with Crippen LogP contribution in [0.3, 0.4) is 0 Å². The van der Waals surface area contributed by atoms with Gasteiger partial charge in [0.2, 0.25) is 0 Å². The summed E-state index contributed by atoms with van der Waals surface area (Å²) >= 11 is 0. The number of furan rings is 1. The van der Waals surface area contributed by atoms with E-state index in [0.717, 1.165) is 72.5 Å². The predicted molar refractivity (Wildman–Crippen MR) is 274 cm³/mol. The van der Waals surface area contributed by atoms with E-state index in [1.54, 1.807) is 0 Å². The van der Waals surface area contributed by atoms with E-state index in [2.05, 4.69) is 240 Å². The molecule has 0 spiro atoms. The lowest BCUT2D eigenvalue weighted by Crippen LogP contribution is -2.12. The molecule has 0 radical (unpaired) electrons. The smallest absolute Gasteiger partial charge is 0.143 e. The molecule has 3 nitrogen and oxygen atoms in total. The van der Waals surface area contributed by atoms with Gasteiger partial charge in [-0.25, -0.2) is 0 Å². The van der Waals surface area contributed by atoms with Gasteiger partial charge in [-0.15, -0.1) is 0 Å². The number of para-hydroxylation sites is 6. The maximum atomic E-state index is 6.51. The zero-order valence-corrected chi connectivity index (χ0v) is 35.4. The van der Waals surface area contributed by atoms with Crippen LogP contribution in [0.25, 0.3) is 104 Å². The van der Waals surface area contributed by atoms with E-state index >= 15 is 0 Å². The van der Waals surface area contributed by atoms with Crippen molar-refractivity contribution in [3.05, 3.63) is 243 Å². The molecule has 0 aliphatic heterocycles. The van der Waals surface area contributed by atoms with E-state index in [0.29, 0.717) is 0 Å². The third-order valence-electron chi connectivity index (χ3n) is 13.2. The average Bonchev–Trinajstić information content (AvgIpc) is 3.93. The Hall–Kier alpha value is -8.66. The van der Waals surface area contributed by atoms with Crippen LogP contribution in [0.15, 0.2) is 247 Å². The van der Waals surface area contributed by atoms with Gasteiger partial charge in [-0.1, -0.05) is 182 Å². The third kappa shape index (κ3) is 5.97. The molecular formula is C62H40N2O. The molecule has 13 rings (SSSR count). The summed E-state index contributed by atoms with van der Waals surface area (Å²) in [5, 5.41) is 9.71. The normalized spacial score (nSPS) is 11.7. The Bertz CT molecular complexity index is 3910. The topological polar surface area (TPSA) is 21.3 Å². The van der Waals surface area contributed by atoms with Crippen molar-refractivity contribution in [1.29, 1.82) is 0 Å². The first-order valence-corrected chi connectivity index (χ1v) is 22.3. The zero-order valence-electron chi connectivity index (χ0n) is 35.4. The molecule has 0 aliphatic carbocycles. The molecule has 0 saturated carbocycles. The minimum Gasteiger partial charge on any atom is -0.455 e. The average molecular weight is 829 g/mol. The van der Waals surface area contributed by atoms with Gasteiger partial charge in [0.1, 0.15) is 11.2 Å². The maximum Gasteiger partial charge on any atom is 0.143 e. The molecule has 0 bridgehead atoms. The molecule has 2 heterocycles. The van der Waals surface area contributed by atoms with E-state index in [4.69, 9.17) is 4.42 Å². The molecule has 2 aromatic heterocycles. The second-order valence-corrected chi connectivity index (χ2v) is 16.8. The van der Waals surface area contributed by atoms with Crippen LogP contribution in [-0.2, 0) is 0 Å². The van der Waals surface area contributed by atoms with Crippen molar-refractivity contribution < 1.29 is 4.42 Å². The number of hydrogen-bond donors (Lipinski definition) is 0. The van der Waals surface area contributed by atoms with Crippen LogP contribution < -0.4 is 4.90 Å². The largest absolute Gasteiger partial charge is 0.455 e. The highest BCUT2D eigenvalue weighted by atomic mass is 16.3. The van der Waals surface area contributed by atoms with Gasteiger partial charge < -0.3 is 13.9 Å². The number of fused-ring (bicyclic) bond motifs is 9. The van der Waals surface area contributed by atoms with Gasteiger partial charge in [0, 0.05) is 49.6 Å². The highest BCUT2D eigenvalue weighted by Crippen LogP contribution is 2.46. The van der Waals surface area contributed by atoms with E-state index in [1.165, 1.54) is 48.9 Å². The quantitative estimate of drug-likeness (QED) is 0.149. The summed E-state index contributed by atoms with van der Waals surface area (Å²) in [6.45, 7) is 0. The van der Waals surface area contributed by atoms with Crippen LogP contribution in [0, 0.1) is 0 Å². The first kappa shape index (κ1) is 36.9. The molecule has 3 heteroatoms. The van der Waals surface area contributed by atoms with Crippen LogP contribution >= 0.6 is 0 Å². The van der Waals surface area contributed by atoms with E-state index in [9.17, 15) is 0 Å². The number of hydrogen-bond acceptors (Lipinski definition) is 2. The lowest BCUT2D eigenvalue weighted by molar-refractivity contribution is 0.670. The second-order valence-electron chi connectivity index (χ2n) is 16.8. The lowest BCUT2D eigenvalue weighted by atomic mass is 9.93. The van der Waals surface area contributed by atoms with Crippen LogP contribution in [0.2, 0.25) is 0 Å². The Morgan fingerprint density at radius 1 is 0.323 bits per heavy atom. The first-order chi connectivity index (χ1) is 32.3. The van der Waals surface area contributed by atoms with Crippen LogP contribution in [0.5, 0.6) is 0 Å². The zero-order chi connectivity index (χ0) is 42.8. The number of aromatic nitrogens is 1. The van der Waals surface area contributed by atoms with Crippen LogP contribution in [0.4, 0.5) is 17.1 Å². The molecular weight excluding hydrogens is 789 g/mol. The number of rotatable bonds is 7. The third-order valence-corrected chi connectivity index (χ3v) is 13.2. The molecule has 0 fully saturated rings. The molecule has 0 saturated heterocycles. The van der Waals surface area contributed by atoms with Crippen molar-refractivity contribution in [3.63, 3.8) is 0 Å². The van der Waals surface area contributed by atoms with Gasteiger partial charge >= 0.3 is 0 Å². The summed E-state index contributed by atoms with van der Waals surface area (Å²) in [7, 11) is 0. The molecule has 0 N–H and O–H groups in total. The molecule has 65 heavy (non-hydrogen) atoms.